The minimum Gasteiger partial charge on any atom is -0.550 e. The molecule has 0 saturated carbocycles. The number of esters is 1. The number of carboxylic acid groups (broad SMARTS) is 1. The summed E-state index contributed by atoms with van der Waals surface area (Å²) in [6, 6.07) is 0. The van der Waals surface area contributed by atoms with Gasteiger partial charge in [0.05, 0.1) is 20.0 Å². The van der Waals surface area contributed by atoms with Gasteiger partial charge in [0.1, 0.15) is 13.2 Å². The monoisotopic (exact) mass is 323 g/mol. The van der Waals surface area contributed by atoms with E-state index < -0.39 is 17.8 Å². The molecule has 23 heavy (non-hydrogen) atoms. The van der Waals surface area contributed by atoms with Crippen LogP contribution in [0.5, 0.6) is 0 Å². The van der Waals surface area contributed by atoms with Gasteiger partial charge in [-0.1, -0.05) is 25.0 Å². The molecule has 0 aromatic heterocycles. The molecule has 2 rings (SSSR count). The largest absolute Gasteiger partial charge is 0.550 e. The molecule has 2 aliphatic carbocycles. The van der Waals surface area contributed by atoms with Crippen LogP contribution in [0.15, 0.2) is 11.1 Å². The fourth-order valence-electron chi connectivity index (χ4n) is 3.90. The van der Waals surface area contributed by atoms with Gasteiger partial charge < -0.3 is 19.5 Å². The molecular weight excluding hydrogens is 294 g/mol. The molecular formula is C18H29NO4. The first-order valence-corrected chi connectivity index (χ1v) is 8.60. The molecule has 0 unspecified atom stereocenters. The fourth-order valence-corrected chi connectivity index (χ4v) is 3.90. The van der Waals surface area contributed by atoms with Gasteiger partial charge in [-0.15, -0.1) is 0 Å². The van der Waals surface area contributed by atoms with Crippen LogP contribution in [0.25, 0.3) is 0 Å². The third-order valence-electron chi connectivity index (χ3n) is 5.35. The maximum absolute atomic E-state index is 12.4. The highest BCUT2D eigenvalue weighted by atomic mass is 16.5. The number of allylic oxidation sites excluding steroid dienone is 2. The van der Waals surface area contributed by atoms with Gasteiger partial charge in [0, 0.05) is 11.9 Å². The second kappa shape index (κ2) is 7.04. The van der Waals surface area contributed by atoms with Gasteiger partial charge in [-0.25, -0.2) is 0 Å². The van der Waals surface area contributed by atoms with Crippen LogP contribution in [0.1, 0.15) is 46.0 Å². The number of quaternary nitrogens is 1. The molecule has 5 nitrogen and oxygen atoms in total. The van der Waals surface area contributed by atoms with E-state index in [0.717, 1.165) is 19.3 Å². The van der Waals surface area contributed by atoms with Crippen molar-refractivity contribution in [3.05, 3.63) is 11.1 Å². The first-order chi connectivity index (χ1) is 10.7. The standard InChI is InChI=1S/C18H29NO4/c1-18(2)7-5-6-12-10-13(16(20)21)14(11-15(12)18)17(22)23-9-8-19(3)4/h13-14H,5-11H2,1-4H3,(H,20,21)/t13-,14+/m0/s1. The van der Waals surface area contributed by atoms with Gasteiger partial charge in [-0.2, -0.15) is 0 Å². The summed E-state index contributed by atoms with van der Waals surface area (Å²) >= 11 is 0. The second-order valence-corrected chi connectivity index (χ2v) is 7.88. The Hall–Kier alpha value is -1.36. The van der Waals surface area contributed by atoms with Crippen molar-refractivity contribution in [1.82, 2.24) is 0 Å². The summed E-state index contributed by atoms with van der Waals surface area (Å²) in [5.41, 5.74) is 2.57. The van der Waals surface area contributed by atoms with Crippen LogP contribution in [-0.4, -0.2) is 39.2 Å². The number of aliphatic carboxylic acids is 1. The molecule has 0 heterocycles. The average molecular weight is 323 g/mol. The Morgan fingerprint density at radius 2 is 1.96 bits per heavy atom. The third kappa shape index (κ3) is 4.14. The van der Waals surface area contributed by atoms with Crippen LogP contribution < -0.4 is 10.0 Å². The lowest BCUT2D eigenvalue weighted by molar-refractivity contribution is -0.858. The number of ether oxygens (including phenoxy) is 1. The number of hydrogen-bond acceptors (Lipinski definition) is 4. The van der Waals surface area contributed by atoms with E-state index in [1.807, 2.05) is 14.1 Å². The molecule has 0 fully saturated rings. The zero-order valence-electron chi connectivity index (χ0n) is 14.7. The number of rotatable bonds is 5. The van der Waals surface area contributed by atoms with Crippen molar-refractivity contribution in [3.8, 4) is 0 Å². The van der Waals surface area contributed by atoms with Gasteiger partial charge in [0.15, 0.2) is 0 Å². The zero-order valence-corrected chi connectivity index (χ0v) is 14.7. The van der Waals surface area contributed by atoms with Crippen molar-refractivity contribution in [1.29, 1.82) is 0 Å². The highest BCUT2D eigenvalue weighted by Crippen LogP contribution is 2.49. The van der Waals surface area contributed by atoms with E-state index in [0.29, 0.717) is 26.0 Å². The van der Waals surface area contributed by atoms with E-state index in [-0.39, 0.29) is 11.4 Å². The van der Waals surface area contributed by atoms with Gasteiger partial charge in [0.25, 0.3) is 0 Å². The van der Waals surface area contributed by atoms with Crippen molar-refractivity contribution in [3.63, 3.8) is 0 Å². The Morgan fingerprint density at radius 1 is 1.26 bits per heavy atom. The zero-order chi connectivity index (χ0) is 17.2. The molecule has 5 heteroatoms. The van der Waals surface area contributed by atoms with E-state index in [4.69, 9.17) is 4.74 Å². The number of carbonyl (C=O) groups excluding carboxylic acids is 2. The maximum atomic E-state index is 12.4. The van der Waals surface area contributed by atoms with E-state index in [1.165, 1.54) is 16.0 Å². The predicted octanol–water partition coefficient (Wildman–Crippen LogP) is -0.0431. The Morgan fingerprint density at radius 3 is 2.57 bits per heavy atom. The summed E-state index contributed by atoms with van der Waals surface area (Å²) in [6.07, 6.45) is 4.09. The molecule has 0 aromatic rings. The quantitative estimate of drug-likeness (QED) is 0.569. The molecule has 0 aromatic carbocycles. The average Bonchev–Trinajstić information content (AvgIpc) is 2.45. The third-order valence-corrected chi connectivity index (χ3v) is 5.35. The van der Waals surface area contributed by atoms with Gasteiger partial charge in [0.2, 0.25) is 0 Å². The lowest BCUT2D eigenvalue weighted by Crippen LogP contribution is -3.06. The highest BCUT2D eigenvalue weighted by Gasteiger charge is 2.42. The second-order valence-electron chi connectivity index (χ2n) is 7.88. The minimum atomic E-state index is -1.12. The summed E-state index contributed by atoms with van der Waals surface area (Å²) in [6.45, 7) is 5.43. The Labute approximate surface area is 138 Å². The molecule has 0 bridgehead atoms. The fraction of sp³-hybridized carbons (Fsp3) is 0.778. The van der Waals surface area contributed by atoms with Crippen LogP contribution in [-0.2, 0) is 14.3 Å². The van der Waals surface area contributed by atoms with Crippen LogP contribution in [0.4, 0.5) is 0 Å². The smallest absolute Gasteiger partial charge is 0.310 e. The number of carboxylic acids is 1. The lowest BCUT2D eigenvalue weighted by Gasteiger charge is -2.43. The van der Waals surface area contributed by atoms with Crippen LogP contribution in [0, 0.1) is 17.3 Å². The predicted molar refractivity (Wildman–Crippen MR) is 84.5 cm³/mol. The molecule has 2 aliphatic rings. The van der Waals surface area contributed by atoms with E-state index in [1.54, 1.807) is 0 Å². The summed E-state index contributed by atoms with van der Waals surface area (Å²) in [7, 11) is 3.97. The maximum Gasteiger partial charge on any atom is 0.310 e. The van der Waals surface area contributed by atoms with E-state index in [9.17, 15) is 14.7 Å². The molecule has 130 valence electrons. The van der Waals surface area contributed by atoms with Crippen molar-refractivity contribution in [2.75, 3.05) is 27.2 Å². The molecule has 0 radical (unpaired) electrons. The van der Waals surface area contributed by atoms with E-state index in [2.05, 4.69) is 13.8 Å². The molecule has 0 saturated heterocycles. The van der Waals surface area contributed by atoms with Crippen LogP contribution >= 0.6 is 0 Å². The summed E-state index contributed by atoms with van der Waals surface area (Å²) in [4.78, 5) is 25.2. The topological polar surface area (TPSA) is 70.9 Å². The summed E-state index contributed by atoms with van der Waals surface area (Å²) in [5, 5.41) is 11.5. The van der Waals surface area contributed by atoms with Gasteiger partial charge in [-0.3, -0.25) is 4.79 Å². The van der Waals surface area contributed by atoms with Crippen LogP contribution in [0.2, 0.25) is 0 Å². The highest BCUT2D eigenvalue weighted by molar-refractivity contribution is 5.81. The number of carbonyl (C=O) groups is 2. The number of likely N-dealkylation sites (N-methyl/N-ethyl adjacent to an activating group) is 1. The van der Waals surface area contributed by atoms with Crippen molar-refractivity contribution >= 4 is 11.9 Å². The van der Waals surface area contributed by atoms with E-state index >= 15 is 0 Å². The lowest BCUT2D eigenvalue weighted by atomic mass is 9.63. The summed E-state index contributed by atoms with van der Waals surface area (Å²) in [5.74, 6) is -2.86. The normalized spacial score (nSPS) is 26.8. The van der Waals surface area contributed by atoms with Gasteiger partial charge >= 0.3 is 5.97 Å². The van der Waals surface area contributed by atoms with Crippen molar-refractivity contribution < 1.29 is 24.3 Å². The van der Waals surface area contributed by atoms with Gasteiger partial charge in [-0.05, 0) is 37.5 Å². The Balaban J connectivity index is 2.15. The Kier molecular flexibility index (Phi) is 5.50. The molecule has 0 spiro atoms. The number of hydrogen-bond donors (Lipinski definition) is 1. The minimum absolute atomic E-state index is 0.0524. The number of nitrogens with one attached hydrogen (secondary N) is 1. The van der Waals surface area contributed by atoms with Crippen molar-refractivity contribution in [2.24, 2.45) is 17.3 Å². The molecule has 0 aliphatic heterocycles. The molecule has 0 amide bonds. The summed E-state index contributed by atoms with van der Waals surface area (Å²) < 4.78 is 5.35. The van der Waals surface area contributed by atoms with Crippen molar-refractivity contribution in [2.45, 2.75) is 46.0 Å². The van der Waals surface area contributed by atoms with Crippen LogP contribution in [0.3, 0.4) is 0 Å². The first kappa shape index (κ1) is 18.0. The molecule has 1 N–H and O–H groups in total. The first-order valence-electron chi connectivity index (χ1n) is 8.60. The molecule has 2 atom stereocenters. The SMILES string of the molecule is C[NH+](C)CCOC(=O)[C@@H]1CC2=C(CCCC2(C)C)C[C@@H]1C(=O)[O-]. The Bertz CT molecular complexity index is 507.